The number of hydrogen-bond donors (Lipinski definition) is 1. The Bertz CT molecular complexity index is 826. The molecule has 1 aromatic heterocycles. The number of nitrogens with zero attached hydrogens (tertiary/aromatic N) is 1. The third-order valence-electron chi connectivity index (χ3n) is 4.38. The van der Waals surface area contributed by atoms with E-state index < -0.39 is 17.8 Å². The predicted molar refractivity (Wildman–Crippen MR) is 95.2 cm³/mol. The number of nitrogens with one attached hydrogen (secondary N) is 1. The van der Waals surface area contributed by atoms with Crippen LogP contribution in [0.15, 0.2) is 34.9 Å². The highest BCUT2D eigenvalue weighted by atomic mass is 35.5. The maximum atomic E-state index is 13.7. The Hall–Kier alpha value is -2.05. The van der Waals surface area contributed by atoms with Crippen molar-refractivity contribution in [3.05, 3.63) is 57.7 Å². The molecule has 0 saturated carbocycles. The fraction of sp³-hybridized carbons (Fsp3) is 0.333. The van der Waals surface area contributed by atoms with E-state index in [9.17, 15) is 14.0 Å². The molecule has 1 aliphatic heterocycles. The van der Waals surface area contributed by atoms with Gasteiger partial charge in [-0.15, -0.1) is 0 Å². The number of furan rings is 1. The Morgan fingerprint density at radius 2 is 2.19 bits per heavy atom. The van der Waals surface area contributed by atoms with Gasteiger partial charge >= 0.3 is 0 Å². The third-order valence-corrected chi connectivity index (χ3v) is 4.99. The lowest BCUT2D eigenvalue weighted by Crippen LogP contribution is -2.34. The molecule has 0 radical (unpaired) electrons. The van der Waals surface area contributed by atoms with Gasteiger partial charge in [0.1, 0.15) is 11.6 Å². The Morgan fingerprint density at radius 1 is 1.42 bits per heavy atom. The van der Waals surface area contributed by atoms with E-state index in [4.69, 9.17) is 27.6 Å². The average Bonchev–Trinajstić information content (AvgIpc) is 3.21. The molecule has 26 heavy (non-hydrogen) atoms. The number of likely N-dealkylation sites (tertiary alicyclic amines) is 1. The van der Waals surface area contributed by atoms with Gasteiger partial charge in [-0.2, -0.15) is 0 Å². The van der Waals surface area contributed by atoms with Crippen molar-refractivity contribution in [2.75, 3.05) is 6.54 Å². The summed E-state index contributed by atoms with van der Waals surface area (Å²) in [7, 11) is 0. The number of amides is 2. The normalized spacial score (nSPS) is 18.2. The Balaban J connectivity index is 1.63. The van der Waals surface area contributed by atoms with E-state index in [0.717, 1.165) is 0 Å². The maximum absolute atomic E-state index is 13.7. The fourth-order valence-corrected chi connectivity index (χ4v) is 3.52. The van der Waals surface area contributed by atoms with E-state index in [1.807, 2.05) is 0 Å². The molecule has 3 rings (SSSR count). The van der Waals surface area contributed by atoms with E-state index in [1.54, 1.807) is 24.0 Å². The summed E-state index contributed by atoms with van der Waals surface area (Å²) in [6.45, 7) is 2.34. The van der Waals surface area contributed by atoms with Crippen molar-refractivity contribution < 1.29 is 18.4 Å². The molecule has 1 aromatic carbocycles. The molecule has 8 heteroatoms. The van der Waals surface area contributed by atoms with E-state index in [-0.39, 0.29) is 28.3 Å². The van der Waals surface area contributed by atoms with Crippen LogP contribution in [0.2, 0.25) is 10.0 Å². The Labute approximate surface area is 160 Å². The van der Waals surface area contributed by atoms with Crippen molar-refractivity contribution >= 4 is 35.0 Å². The number of halogens is 3. The summed E-state index contributed by atoms with van der Waals surface area (Å²) >= 11 is 11.8. The van der Waals surface area contributed by atoms with Gasteiger partial charge in [0.05, 0.1) is 29.8 Å². The second-order valence-corrected chi connectivity index (χ2v) is 7.09. The van der Waals surface area contributed by atoms with Gasteiger partial charge in [-0.3, -0.25) is 9.59 Å². The summed E-state index contributed by atoms with van der Waals surface area (Å²) in [5, 5.41) is 2.98. The van der Waals surface area contributed by atoms with E-state index >= 15 is 0 Å². The highest BCUT2D eigenvalue weighted by Gasteiger charge is 2.35. The number of carbonyl (C=O) groups excluding carboxylic acids is 2. The number of carbonyl (C=O) groups is 2. The highest BCUT2D eigenvalue weighted by Crippen LogP contribution is 2.29. The summed E-state index contributed by atoms with van der Waals surface area (Å²) in [5.41, 5.74) is 0.429. The molecule has 1 saturated heterocycles. The zero-order valence-corrected chi connectivity index (χ0v) is 15.5. The monoisotopic (exact) mass is 398 g/mol. The van der Waals surface area contributed by atoms with Crippen LogP contribution in [0.25, 0.3) is 0 Å². The van der Waals surface area contributed by atoms with Crippen LogP contribution in [-0.2, 0) is 16.1 Å². The molecule has 1 aliphatic rings. The number of benzene rings is 1. The van der Waals surface area contributed by atoms with E-state index in [1.165, 1.54) is 18.4 Å². The first-order valence-corrected chi connectivity index (χ1v) is 8.85. The molecule has 2 amide bonds. The van der Waals surface area contributed by atoms with Crippen LogP contribution in [0.1, 0.15) is 30.7 Å². The number of rotatable bonds is 5. The van der Waals surface area contributed by atoms with Gasteiger partial charge in [0, 0.05) is 18.0 Å². The van der Waals surface area contributed by atoms with Gasteiger partial charge in [0.25, 0.3) is 0 Å². The van der Waals surface area contributed by atoms with Crippen molar-refractivity contribution in [1.29, 1.82) is 0 Å². The van der Waals surface area contributed by atoms with Crippen molar-refractivity contribution in [2.45, 2.75) is 25.9 Å². The predicted octanol–water partition coefficient (Wildman–Crippen LogP) is 3.95. The highest BCUT2D eigenvalue weighted by molar-refractivity contribution is 6.35. The van der Waals surface area contributed by atoms with Crippen LogP contribution < -0.4 is 5.32 Å². The van der Waals surface area contributed by atoms with Crippen LogP contribution in [0.3, 0.4) is 0 Å². The first kappa shape index (κ1) is 18.7. The molecule has 0 spiro atoms. The van der Waals surface area contributed by atoms with Crippen LogP contribution in [0.4, 0.5) is 4.39 Å². The van der Waals surface area contributed by atoms with Gasteiger partial charge in [-0.1, -0.05) is 23.2 Å². The third kappa shape index (κ3) is 4.02. The maximum Gasteiger partial charge on any atom is 0.225 e. The minimum atomic E-state index is -0.604. The SMILES string of the molecule is CC(NC(=O)C1CC(=O)N(Cc2ccco2)C1)c1cc(F)c(Cl)cc1Cl. The van der Waals surface area contributed by atoms with Gasteiger partial charge in [0.2, 0.25) is 11.8 Å². The first-order valence-electron chi connectivity index (χ1n) is 8.10. The van der Waals surface area contributed by atoms with Crippen molar-refractivity contribution in [2.24, 2.45) is 5.92 Å². The van der Waals surface area contributed by atoms with Gasteiger partial charge in [-0.25, -0.2) is 4.39 Å². The minimum Gasteiger partial charge on any atom is -0.467 e. The summed E-state index contributed by atoms with van der Waals surface area (Å²) in [5.74, 6) is -0.802. The van der Waals surface area contributed by atoms with E-state index in [0.29, 0.717) is 24.4 Å². The molecular formula is C18H17Cl2FN2O3. The molecule has 0 bridgehead atoms. The van der Waals surface area contributed by atoms with Crippen LogP contribution in [0, 0.1) is 11.7 Å². The van der Waals surface area contributed by atoms with E-state index in [2.05, 4.69) is 5.32 Å². The Kier molecular flexibility index (Phi) is 5.53. The molecule has 0 aliphatic carbocycles. The lowest BCUT2D eigenvalue weighted by atomic mass is 10.0. The largest absolute Gasteiger partial charge is 0.467 e. The molecule has 1 fully saturated rings. The lowest BCUT2D eigenvalue weighted by molar-refractivity contribution is -0.129. The van der Waals surface area contributed by atoms with Gasteiger partial charge < -0.3 is 14.6 Å². The van der Waals surface area contributed by atoms with Crippen molar-refractivity contribution in [3.63, 3.8) is 0 Å². The molecule has 5 nitrogen and oxygen atoms in total. The average molecular weight is 399 g/mol. The van der Waals surface area contributed by atoms with Crippen molar-refractivity contribution in [1.82, 2.24) is 10.2 Å². The molecule has 2 aromatic rings. The minimum absolute atomic E-state index is 0.0766. The second-order valence-electron chi connectivity index (χ2n) is 6.27. The summed E-state index contributed by atoms with van der Waals surface area (Å²) in [6.07, 6.45) is 1.67. The van der Waals surface area contributed by atoms with Crippen LogP contribution >= 0.6 is 23.2 Å². The molecule has 2 atom stereocenters. The first-order chi connectivity index (χ1) is 12.3. The lowest BCUT2D eigenvalue weighted by Gasteiger charge is -2.19. The standard InChI is InChI=1S/C18H17Cl2FN2O3/c1-10(13-6-16(21)15(20)7-14(13)19)22-18(25)11-5-17(24)23(8-11)9-12-3-2-4-26-12/h2-4,6-7,10-11H,5,8-9H2,1H3,(H,22,25). The van der Waals surface area contributed by atoms with Crippen molar-refractivity contribution in [3.8, 4) is 0 Å². The molecule has 138 valence electrons. The quantitative estimate of drug-likeness (QED) is 0.775. The van der Waals surface area contributed by atoms with Gasteiger partial charge in [-0.05, 0) is 36.8 Å². The van der Waals surface area contributed by atoms with Gasteiger partial charge in [0.15, 0.2) is 0 Å². The summed E-state index contributed by atoms with van der Waals surface area (Å²) < 4.78 is 18.9. The zero-order valence-electron chi connectivity index (χ0n) is 14.0. The fourth-order valence-electron chi connectivity index (χ4n) is 2.97. The zero-order chi connectivity index (χ0) is 18.8. The smallest absolute Gasteiger partial charge is 0.225 e. The van der Waals surface area contributed by atoms with Crippen LogP contribution in [-0.4, -0.2) is 23.3 Å². The molecular weight excluding hydrogens is 382 g/mol. The summed E-state index contributed by atoms with van der Waals surface area (Å²) in [6, 6.07) is 5.52. The molecule has 1 N–H and O–H groups in total. The molecule has 2 unspecified atom stereocenters. The second kappa shape index (κ2) is 7.68. The summed E-state index contributed by atoms with van der Waals surface area (Å²) in [4.78, 5) is 26.2. The molecule has 2 heterocycles. The Morgan fingerprint density at radius 3 is 2.88 bits per heavy atom. The van der Waals surface area contributed by atoms with Crippen LogP contribution in [0.5, 0.6) is 0 Å². The number of hydrogen-bond acceptors (Lipinski definition) is 3. The topological polar surface area (TPSA) is 62.6 Å².